The maximum Gasteiger partial charge on any atom is 0.0541 e. The molecule has 0 bridgehead atoms. The Morgan fingerprint density at radius 3 is 1.16 bits per heavy atom. The summed E-state index contributed by atoms with van der Waals surface area (Å²) in [6.45, 7) is 9.86. The van der Waals surface area contributed by atoms with Gasteiger partial charge in [0.15, 0.2) is 0 Å². The lowest BCUT2D eigenvalue weighted by atomic mass is 9.95. The van der Waals surface area contributed by atoms with Crippen LogP contribution in [0.3, 0.4) is 0 Å². The number of para-hydroxylation sites is 5. The molecular weight excluding hydrogens is 1010 g/mol. The van der Waals surface area contributed by atoms with Crippen LogP contribution in [0.5, 0.6) is 0 Å². The molecule has 0 unspecified atom stereocenters. The average molecular weight is 1060 g/mol. The van der Waals surface area contributed by atoms with Crippen LogP contribution in [0, 0.1) is 6.92 Å². The molecule has 0 aliphatic carbocycles. The second-order valence-electron chi connectivity index (χ2n) is 20.4. The van der Waals surface area contributed by atoms with E-state index >= 15 is 0 Å². The molecule has 1 N–H and O–H groups in total. The molecule has 11 aromatic carbocycles. The van der Waals surface area contributed by atoms with E-state index in [-0.39, 0.29) is 0 Å². The number of benzene rings is 11. The fraction of sp³-hybridized carbons (Fsp3) is 0.0400. The van der Waals surface area contributed by atoms with Crippen molar-refractivity contribution in [3.63, 3.8) is 0 Å². The summed E-state index contributed by atoms with van der Waals surface area (Å²) in [5, 5.41) is 11.6. The van der Waals surface area contributed by atoms with Gasteiger partial charge in [0.2, 0.25) is 0 Å². The van der Waals surface area contributed by atoms with Crippen LogP contribution >= 0.6 is 22.7 Å². The van der Waals surface area contributed by atoms with Crippen LogP contribution < -0.4 is 0 Å². The molecule has 0 radical (unpaired) electrons. The Kier molecular flexibility index (Phi) is 12.4. The molecule has 5 heteroatoms. The van der Waals surface area contributed by atoms with E-state index in [9.17, 15) is 0 Å². The van der Waals surface area contributed by atoms with Crippen LogP contribution in [0.1, 0.15) is 25.1 Å². The number of aromatic nitrogens is 3. The molecule has 0 aliphatic heterocycles. The van der Waals surface area contributed by atoms with E-state index in [1.807, 2.05) is 66.9 Å². The van der Waals surface area contributed by atoms with Gasteiger partial charge in [-0.15, -0.1) is 22.7 Å². The molecule has 0 saturated heterocycles. The van der Waals surface area contributed by atoms with Gasteiger partial charge in [-0.3, -0.25) is 0 Å². The van der Waals surface area contributed by atoms with Gasteiger partial charge in [-0.1, -0.05) is 189 Å². The summed E-state index contributed by atoms with van der Waals surface area (Å²) < 4.78 is 10.1. The summed E-state index contributed by atoms with van der Waals surface area (Å²) >= 11 is 3.78. The normalized spacial score (nSPS) is 11.7. The zero-order chi connectivity index (χ0) is 53.8. The lowest BCUT2D eigenvalue weighted by molar-refractivity contribution is 1.19. The van der Waals surface area contributed by atoms with Crippen molar-refractivity contribution in [2.75, 3.05) is 0 Å². The van der Waals surface area contributed by atoms with E-state index in [1.54, 1.807) is 0 Å². The Hall–Kier alpha value is -9.52. The predicted molar refractivity (Wildman–Crippen MR) is 351 cm³/mol. The molecule has 0 fully saturated rings. The van der Waals surface area contributed by atoms with Crippen molar-refractivity contribution >= 4 is 124 Å². The highest BCUT2D eigenvalue weighted by Gasteiger charge is 2.18. The van der Waals surface area contributed by atoms with Gasteiger partial charge in [0, 0.05) is 95.4 Å². The third-order valence-corrected chi connectivity index (χ3v) is 18.2. The second-order valence-corrected chi connectivity index (χ2v) is 22.5. The monoisotopic (exact) mass is 1060 g/mol. The van der Waals surface area contributed by atoms with Gasteiger partial charge >= 0.3 is 0 Å². The van der Waals surface area contributed by atoms with E-state index in [1.165, 1.54) is 151 Å². The smallest absolute Gasteiger partial charge is 0.0541 e. The molecule has 16 aromatic rings. The van der Waals surface area contributed by atoms with E-state index in [0.29, 0.717) is 0 Å². The third kappa shape index (κ3) is 8.24. The number of rotatable bonds is 6. The number of aryl methyl sites for hydroxylation is 1. The summed E-state index contributed by atoms with van der Waals surface area (Å²) in [5.41, 5.74) is 18.3. The highest BCUT2D eigenvalue weighted by molar-refractivity contribution is 7.26. The molecule has 0 atom stereocenters. The Morgan fingerprint density at radius 1 is 0.362 bits per heavy atom. The van der Waals surface area contributed by atoms with Gasteiger partial charge in [0.25, 0.3) is 0 Å². The number of allylic oxidation sites excluding steroid dienone is 2. The summed E-state index contributed by atoms with van der Waals surface area (Å²) in [6, 6.07) is 89.0. The van der Waals surface area contributed by atoms with E-state index < -0.39 is 0 Å². The Labute approximate surface area is 472 Å². The fourth-order valence-electron chi connectivity index (χ4n) is 12.0. The first kappa shape index (κ1) is 48.8. The van der Waals surface area contributed by atoms with Gasteiger partial charge in [-0.05, 0) is 133 Å². The fourth-order valence-corrected chi connectivity index (χ4v) is 14.4. The SMILES string of the molecule is C/C=C\C.C=Cc1c(C)[nH]c2ccccc12.c1cc(-c2cccc(-c3cccc4c3sc3ccc(-n5c6ccccc6c6ccccc65)cc34)c2)cc(-c2cccc3c2sc2ccc(-n4c5ccccc5c5ccccc54)cc23)c1. The molecule has 16 rings (SSSR count). The standard InChI is InChI=1S/C60H36N2S2.C11H11N.C4H8/c1-5-25-53-45(17-1)46-18-2-6-26-54(46)61(53)41-29-31-57-51(35-41)49-23-11-21-43(59(49)63-57)39-15-9-13-37(33-39)38-14-10-16-40(34-38)44-22-12-24-50-52-36-42(30-32-58(52)64-60(44)50)62-55-27-7-3-19-47(55)48-20-4-8-28-56(48)62;1-3-9-8(2)12-11-7-5-4-6-10(9)11;1-3-4-2/h1-36H;3-7,12H,1H2,2H3;3-4H,1-2H3/b;;4-3-. The molecule has 5 heterocycles. The lowest BCUT2D eigenvalue weighted by Gasteiger charge is -2.10. The topological polar surface area (TPSA) is 25.6 Å². The number of aromatic amines is 1. The molecule has 382 valence electrons. The summed E-state index contributed by atoms with van der Waals surface area (Å²) in [7, 11) is 0. The number of hydrogen-bond donors (Lipinski definition) is 1. The van der Waals surface area contributed by atoms with Gasteiger partial charge in [-0.25, -0.2) is 0 Å². The summed E-state index contributed by atoms with van der Waals surface area (Å²) in [6.07, 6.45) is 5.90. The van der Waals surface area contributed by atoms with Crippen LogP contribution in [-0.4, -0.2) is 14.1 Å². The van der Waals surface area contributed by atoms with Crippen molar-refractivity contribution in [3.8, 4) is 44.8 Å². The first-order valence-electron chi connectivity index (χ1n) is 27.3. The molecule has 0 aliphatic rings. The Morgan fingerprint density at radius 2 is 0.738 bits per heavy atom. The number of nitrogens with zero attached hydrogens (tertiary/aromatic N) is 2. The summed E-state index contributed by atoms with van der Waals surface area (Å²) in [5.74, 6) is 0. The van der Waals surface area contributed by atoms with Crippen molar-refractivity contribution < 1.29 is 0 Å². The highest BCUT2D eigenvalue weighted by Crippen LogP contribution is 2.45. The molecule has 0 amide bonds. The van der Waals surface area contributed by atoms with Gasteiger partial charge < -0.3 is 14.1 Å². The van der Waals surface area contributed by atoms with Crippen LogP contribution in [0.2, 0.25) is 0 Å². The minimum atomic E-state index is 1.19. The maximum atomic E-state index is 3.79. The number of thiophene rings is 2. The summed E-state index contributed by atoms with van der Waals surface area (Å²) in [4.78, 5) is 3.31. The minimum absolute atomic E-state index is 1.19. The third-order valence-electron chi connectivity index (χ3n) is 15.8. The van der Waals surface area contributed by atoms with Crippen molar-refractivity contribution in [3.05, 3.63) is 273 Å². The molecule has 0 saturated carbocycles. The first-order valence-corrected chi connectivity index (χ1v) is 29.0. The van der Waals surface area contributed by atoms with Crippen LogP contribution in [-0.2, 0) is 0 Å². The van der Waals surface area contributed by atoms with Gasteiger partial charge in [0.1, 0.15) is 0 Å². The van der Waals surface area contributed by atoms with E-state index in [4.69, 9.17) is 0 Å². The van der Waals surface area contributed by atoms with Crippen molar-refractivity contribution in [2.45, 2.75) is 20.8 Å². The molecule has 80 heavy (non-hydrogen) atoms. The number of fused-ring (bicyclic) bond motifs is 13. The van der Waals surface area contributed by atoms with Crippen molar-refractivity contribution in [2.24, 2.45) is 0 Å². The van der Waals surface area contributed by atoms with Crippen LogP contribution in [0.15, 0.2) is 261 Å². The molecule has 5 aromatic heterocycles. The number of H-pyrrole nitrogens is 1. The molecule has 0 spiro atoms. The zero-order valence-electron chi connectivity index (χ0n) is 44.7. The second kappa shape index (κ2) is 20.4. The largest absolute Gasteiger partial charge is 0.358 e. The minimum Gasteiger partial charge on any atom is -0.358 e. The Balaban J connectivity index is 0.000000313. The maximum absolute atomic E-state index is 3.79. The van der Waals surface area contributed by atoms with Crippen LogP contribution in [0.4, 0.5) is 0 Å². The predicted octanol–water partition coefficient (Wildman–Crippen LogP) is 22.3. The average Bonchev–Trinajstić information content (AvgIpc) is 4.51. The lowest BCUT2D eigenvalue weighted by Crippen LogP contribution is -1.93. The molecular formula is C75H55N3S2. The van der Waals surface area contributed by atoms with E-state index in [2.05, 4.69) is 258 Å². The first-order chi connectivity index (χ1) is 39.5. The van der Waals surface area contributed by atoms with Crippen molar-refractivity contribution in [1.82, 2.24) is 14.1 Å². The Bertz CT molecular complexity index is 4700. The zero-order valence-corrected chi connectivity index (χ0v) is 46.4. The number of nitrogens with one attached hydrogen (secondary N) is 1. The number of hydrogen-bond acceptors (Lipinski definition) is 2. The quantitative estimate of drug-likeness (QED) is 0.161. The molecule has 3 nitrogen and oxygen atoms in total. The van der Waals surface area contributed by atoms with Crippen LogP contribution in [0.25, 0.3) is 146 Å². The highest BCUT2D eigenvalue weighted by atomic mass is 32.1. The van der Waals surface area contributed by atoms with Gasteiger partial charge in [-0.2, -0.15) is 0 Å². The van der Waals surface area contributed by atoms with E-state index in [0.717, 1.165) is 0 Å². The van der Waals surface area contributed by atoms with Crippen molar-refractivity contribution in [1.29, 1.82) is 0 Å². The van der Waals surface area contributed by atoms with Gasteiger partial charge in [0.05, 0.1) is 22.1 Å².